The minimum absolute atomic E-state index is 0.516. The highest BCUT2D eigenvalue weighted by atomic mass is 14.9. The summed E-state index contributed by atoms with van der Waals surface area (Å²) in [5.74, 6) is 0.537. The van der Waals surface area contributed by atoms with Crippen LogP contribution in [0.15, 0.2) is 60.7 Å². The number of aryl methyl sites for hydroxylation is 1. The van der Waals surface area contributed by atoms with Crippen LogP contribution in [0, 0.1) is 0 Å². The lowest BCUT2D eigenvalue weighted by molar-refractivity contribution is 0.456. The van der Waals surface area contributed by atoms with Crippen LogP contribution < -0.4 is 5.32 Å². The van der Waals surface area contributed by atoms with Gasteiger partial charge in [0.2, 0.25) is 0 Å². The Hall–Kier alpha value is -1.60. The standard InChI is InChI=1S/C18H23N/c1-15(17-11-7-4-8-12-17)18(19-2)14-13-16-9-5-3-6-10-16/h3-12,15,18-19H,13-14H2,1-2H3. The minimum atomic E-state index is 0.516. The third-order valence-electron chi connectivity index (χ3n) is 3.89. The summed E-state index contributed by atoms with van der Waals surface area (Å²) in [6, 6.07) is 22.0. The summed E-state index contributed by atoms with van der Waals surface area (Å²) >= 11 is 0. The zero-order valence-electron chi connectivity index (χ0n) is 11.8. The van der Waals surface area contributed by atoms with E-state index in [1.165, 1.54) is 11.1 Å². The predicted molar refractivity (Wildman–Crippen MR) is 82.5 cm³/mol. The largest absolute Gasteiger partial charge is 0.316 e. The maximum absolute atomic E-state index is 3.47. The first-order chi connectivity index (χ1) is 9.31. The van der Waals surface area contributed by atoms with Crippen molar-refractivity contribution in [1.29, 1.82) is 0 Å². The summed E-state index contributed by atoms with van der Waals surface area (Å²) in [5, 5.41) is 3.47. The molecule has 0 spiro atoms. The third-order valence-corrected chi connectivity index (χ3v) is 3.89. The van der Waals surface area contributed by atoms with Crippen molar-refractivity contribution in [2.24, 2.45) is 0 Å². The molecular weight excluding hydrogens is 230 g/mol. The predicted octanol–water partition coefficient (Wildman–Crippen LogP) is 4.01. The molecule has 0 bridgehead atoms. The molecule has 2 aromatic rings. The Balaban J connectivity index is 1.97. The lowest BCUT2D eigenvalue weighted by Gasteiger charge is -2.24. The topological polar surface area (TPSA) is 12.0 Å². The smallest absolute Gasteiger partial charge is 0.0133 e. The van der Waals surface area contributed by atoms with Crippen LogP contribution in [0.5, 0.6) is 0 Å². The van der Waals surface area contributed by atoms with Crippen molar-refractivity contribution < 1.29 is 0 Å². The van der Waals surface area contributed by atoms with Gasteiger partial charge in [-0.3, -0.25) is 0 Å². The van der Waals surface area contributed by atoms with Crippen molar-refractivity contribution >= 4 is 0 Å². The summed E-state index contributed by atoms with van der Waals surface area (Å²) in [7, 11) is 2.06. The number of nitrogens with one attached hydrogen (secondary N) is 1. The van der Waals surface area contributed by atoms with E-state index in [2.05, 4.69) is 80.0 Å². The molecule has 19 heavy (non-hydrogen) atoms. The Morgan fingerprint density at radius 3 is 2.05 bits per heavy atom. The van der Waals surface area contributed by atoms with E-state index in [0.29, 0.717) is 12.0 Å². The van der Waals surface area contributed by atoms with Crippen molar-refractivity contribution in [3.05, 3.63) is 71.8 Å². The van der Waals surface area contributed by atoms with Gasteiger partial charge in [-0.1, -0.05) is 67.6 Å². The Kier molecular flexibility index (Phi) is 5.17. The molecule has 2 aromatic carbocycles. The minimum Gasteiger partial charge on any atom is -0.316 e. The Morgan fingerprint density at radius 1 is 0.895 bits per heavy atom. The maximum atomic E-state index is 3.47. The fourth-order valence-electron chi connectivity index (χ4n) is 2.60. The molecule has 2 atom stereocenters. The van der Waals surface area contributed by atoms with Crippen LogP contribution in [0.4, 0.5) is 0 Å². The summed E-state index contributed by atoms with van der Waals surface area (Å²) < 4.78 is 0. The lowest BCUT2D eigenvalue weighted by Crippen LogP contribution is -2.31. The normalized spacial score (nSPS) is 14.0. The molecule has 1 heteroatoms. The number of hydrogen-bond acceptors (Lipinski definition) is 1. The monoisotopic (exact) mass is 253 g/mol. The van der Waals surface area contributed by atoms with Crippen molar-refractivity contribution in [3.8, 4) is 0 Å². The molecule has 0 radical (unpaired) electrons. The second kappa shape index (κ2) is 7.10. The van der Waals surface area contributed by atoms with E-state index < -0.39 is 0 Å². The van der Waals surface area contributed by atoms with Crippen LogP contribution in [0.25, 0.3) is 0 Å². The van der Waals surface area contributed by atoms with Crippen LogP contribution in [-0.4, -0.2) is 13.1 Å². The average molecular weight is 253 g/mol. The lowest BCUT2D eigenvalue weighted by atomic mass is 9.89. The van der Waals surface area contributed by atoms with Crippen molar-refractivity contribution in [3.63, 3.8) is 0 Å². The molecular formula is C18H23N. The molecule has 0 amide bonds. The molecule has 0 aliphatic rings. The highest BCUT2D eigenvalue weighted by Crippen LogP contribution is 2.22. The van der Waals surface area contributed by atoms with Crippen molar-refractivity contribution in [1.82, 2.24) is 5.32 Å². The summed E-state index contributed by atoms with van der Waals surface area (Å²) in [6.45, 7) is 2.31. The summed E-state index contributed by atoms with van der Waals surface area (Å²) in [4.78, 5) is 0. The van der Waals surface area contributed by atoms with Gasteiger partial charge >= 0.3 is 0 Å². The molecule has 1 nitrogen and oxygen atoms in total. The van der Waals surface area contributed by atoms with E-state index >= 15 is 0 Å². The van der Waals surface area contributed by atoms with Crippen LogP contribution in [0.1, 0.15) is 30.4 Å². The van der Waals surface area contributed by atoms with Gasteiger partial charge in [0.1, 0.15) is 0 Å². The van der Waals surface area contributed by atoms with E-state index in [9.17, 15) is 0 Å². The van der Waals surface area contributed by atoms with Crippen molar-refractivity contribution in [2.75, 3.05) is 7.05 Å². The van der Waals surface area contributed by atoms with Crippen LogP contribution >= 0.6 is 0 Å². The zero-order chi connectivity index (χ0) is 13.5. The Morgan fingerprint density at radius 2 is 1.47 bits per heavy atom. The molecule has 0 aliphatic carbocycles. The van der Waals surface area contributed by atoms with Gasteiger partial charge in [-0.25, -0.2) is 0 Å². The van der Waals surface area contributed by atoms with E-state index in [1.807, 2.05) is 0 Å². The maximum Gasteiger partial charge on any atom is 0.0133 e. The fraction of sp³-hybridized carbons (Fsp3) is 0.333. The van der Waals surface area contributed by atoms with E-state index in [1.54, 1.807) is 0 Å². The third kappa shape index (κ3) is 3.93. The van der Waals surface area contributed by atoms with Gasteiger partial charge in [0.15, 0.2) is 0 Å². The molecule has 0 aliphatic heterocycles. The molecule has 0 fully saturated rings. The fourth-order valence-corrected chi connectivity index (χ4v) is 2.60. The number of benzene rings is 2. The van der Waals surface area contributed by atoms with E-state index in [4.69, 9.17) is 0 Å². The van der Waals surface area contributed by atoms with Crippen molar-refractivity contribution in [2.45, 2.75) is 31.7 Å². The average Bonchev–Trinajstić information content (AvgIpc) is 2.49. The van der Waals surface area contributed by atoms with Gasteiger partial charge in [0, 0.05) is 6.04 Å². The molecule has 0 heterocycles. The quantitative estimate of drug-likeness (QED) is 0.820. The Bertz CT molecular complexity index is 464. The number of hydrogen-bond donors (Lipinski definition) is 1. The second-order valence-corrected chi connectivity index (χ2v) is 5.12. The van der Waals surface area contributed by atoms with Gasteiger partial charge in [-0.2, -0.15) is 0 Å². The van der Waals surface area contributed by atoms with Gasteiger partial charge < -0.3 is 5.32 Å². The van der Waals surface area contributed by atoms with Crippen LogP contribution in [-0.2, 0) is 6.42 Å². The second-order valence-electron chi connectivity index (χ2n) is 5.12. The molecule has 1 N–H and O–H groups in total. The summed E-state index contributed by atoms with van der Waals surface area (Å²) in [6.07, 6.45) is 2.29. The first-order valence-corrected chi connectivity index (χ1v) is 7.07. The highest BCUT2D eigenvalue weighted by molar-refractivity contribution is 5.21. The highest BCUT2D eigenvalue weighted by Gasteiger charge is 2.16. The van der Waals surface area contributed by atoms with E-state index in [-0.39, 0.29) is 0 Å². The zero-order valence-corrected chi connectivity index (χ0v) is 11.8. The van der Waals surface area contributed by atoms with Gasteiger partial charge in [-0.05, 0) is 36.9 Å². The van der Waals surface area contributed by atoms with Crippen LogP contribution in [0.2, 0.25) is 0 Å². The SMILES string of the molecule is CNC(CCc1ccccc1)C(C)c1ccccc1. The molecule has 0 saturated carbocycles. The van der Waals surface area contributed by atoms with Gasteiger partial charge in [0.05, 0.1) is 0 Å². The van der Waals surface area contributed by atoms with Crippen LogP contribution in [0.3, 0.4) is 0 Å². The molecule has 100 valence electrons. The Labute approximate surface area is 116 Å². The number of likely N-dealkylation sites (N-methyl/N-ethyl adjacent to an activating group) is 1. The number of rotatable bonds is 6. The molecule has 2 unspecified atom stereocenters. The van der Waals surface area contributed by atoms with E-state index in [0.717, 1.165) is 12.8 Å². The molecule has 0 saturated heterocycles. The van der Waals surface area contributed by atoms with Gasteiger partial charge in [0.25, 0.3) is 0 Å². The first-order valence-electron chi connectivity index (χ1n) is 7.07. The summed E-state index contributed by atoms with van der Waals surface area (Å²) in [5.41, 5.74) is 2.83. The molecule has 2 rings (SSSR count). The van der Waals surface area contributed by atoms with Gasteiger partial charge in [-0.15, -0.1) is 0 Å². The molecule has 0 aromatic heterocycles. The first kappa shape index (κ1) is 13.8.